The highest BCUT2D eigenvalue weighted by Crippen LogP contribution is 2.21. The van der Waals surface area contributed by atoms with Crippen LogP contribution in [0.5, 0.6) is 0 Å². The SMILES string of the molecule is CC(O)(CNC(=O)c1cc2c([nH]c1=O)CCCC2)c1ccc(F)cc1. The first-order chi connectivity index (χ1) is 11.9. The van der Waals surface area contributed by atoms with Crippen LogP contribution in [0.15, 0.2) is 35.1 Å². The predicted octanol–water partition coefficient (Wildman–Crippen LogP) is 2.03. The van der Waals surface area contributed by atoms with Gasteiger partial charge in [-0.05, 0) is 61.9 Å². The molecule has 3 N–H and O–H groups in total. The van der Waals surface area contributed by atoms with Gasteiger partial charge >= 0.3 is 0 Å². The highest BCUT2D eigenvalue weighted by molar-refractivity contribution is 5.94. The number of amides is 1. The van der Waals surface area contributed by atoms with Crippen LogP contribution in [0.25, 0.3) is 0 Å². The van der Waals surface area contributed by atoms with Crippen molar-refractivity contribution in [2.75, 3.05) is 6.54 Å². The van der Waals surface area contributed by atoms with Crippen LogP contribution in [0.4, 0.5) is 4.39 Å². The third-order valence-corrected chi connectivity index (χ3v) is 4.64. The Kier molecular flexibility index (Phi) is 4.72. The lowest BCUT2D eigenvalue weighted by atomic mass is 9.94. The lowest BCUT2D eigenvalue weighted by molar-refractivity contribution is 0.0525. The molecule has 1 heterocycles. The summed E-state index contributed by atoms with van der Waals surface area (Å²) in [5.41, 5.74) is 0.653. The van der Waals surface area contributed by atoms with Crippen LogP contribution in [-0.4, -0.2) is 22.5 Å². The van der Waals surface area contributed by atoms with E-state index in [0.717, 1.165) is 36.9 Å². The van der Waals surface area contributed by atoms with E-state index in [0.29, 0.717) is 5.56 Å². The van der Waals surface area contributed by atoms with Crippen molar-refractivity contribution in [1.29, 1.82) is 0 Å². The van der Waals surface area contributed by atoms with Crippen LogP contribution < -0.4 is 10.9 Å². The molecule has 1 aromatic carbocycles. The summed E-state index contributed by atoms with van der Waals surface area (Å²) >= 11 is 0. The Morgan fingerprint density at radius 2 is 1.96 bits per heavy atom. The quantitative estimate of drug-likeness (QED) is 0.794. The van der Waals surface area contributed by atoms with Crippen molar-refractivity contribution in [2.45, 2.75) is 38.2 Å². The number of carbonyl (C=O) groups excluding carboxylic acids is 1. The Balaban J connectivity index is 1.74. The van der Waals surface area contributed by atoms with Gasteiger partial charge in [0.05, 0.1) is 6.54 Å². The Morgan fingerprint density at radius 1 is 1.28 bits per heavy atom. The van der Waals surface area contributed by atoms with Gasteiger partial charge in [-0.25, -0.2) is 4.39 Å². The molecule has 0 fully saturated rings. The molecule has 0 saturated carbocycles. The molecule has 1 amide bonds. The van der Waals surface area contributed by atoms with E-state index in [1.54, 1.807) is 6.07 Å². The van der Waals surface area contributed by atoms with Crippen molar-refractivity contribution in [3.63, 3.8) is 0 Å². The van der Waals surface area contributed by atoms with E-state index in [1.165, 1.54) is 31.2 Å². The van der Waals surface area contributed by atoms with Gasteiger partial charge < -0.3 is 15.4 Å². The van der Waals surface area contributed by atoms with Crippen LogP contribution >= 0.6 is 0 Å². The maximum absolute atomic E-state index is 13.0. The number of halogens is 1. The number of aliphatic hydroxyl groups is 1. The second kappa shape index (κ2) is 6.80. The zero-order valence-electron chi connectivity index (χ0n) is 14.1. The fourth-order valence-electron chi connectivity index (χ4n) is 3.10. The maximum Gasteiger partial charge on any atom is 0.261 e. The third-order valence-electron chi connectivity index (χ3n) is 4.64. The van der Waals surface area contributed by atoms with Crippen molar-refractivity contribution >= 4 is 5.91 Å². The van der Waals surface area contributed by atoms with Crippen molar-refractivity contribution in [1.82, 2.24) is 10.3 Å². The molecule has 1 aliphatic rings. The molecule has 0 spiro atoms. The molecule has 25 heavy (non-hydrogen) atoms. The van der Waals surface area contributed by atoms with Gasteiger partial charge in [0.15, 0.2) is 0 Å². The second-order valence-electron chi connectivity index (χ2n) is 6.69. The van der Waals surface area contributed by atoms with E-state index in [9.17, 15) is 19.1 Å². The van der Waals surface area contributed by atoms with Gasteiger partial charge in [0.25, 0.3) is 11.5 Å². The number of benzene rings is 1. The lowest BCUT2D eigenvalue weighted by Crippen LogP contribution is -2.40. The maximum atomic E-state index is 13.0. The lowest BCUT2D eigenvalue weighted by Gasteiger charge is -2.24. The number of nitrogens with one attached hydrogen (secondary N) is 2. The van der Waals surface area contributed by atoms with E-state index in [4.69, 9.17) is 0 Å². The van der Waals surface area contributed by atoms with Gasteiger partial charge in [0.1, 0.15) is 17.0 Å². The molecule has 1 unspecified atom stereocenters. The number of aromatic nitrogens is 1. The first-order valence-corrected chi connectivity index (χ1v) is 8.38. The summed E-state index contributed by atoms with van der Waals surface area (Å²) in [5.74, 6) is -0.929. The van der Waals surface area contributed by atoms with Crippen LogP contribution in [-0.2, 0) is 18.4 Å². The largest absolute Gasteiger partial charge is 0.384 e. The summed E-state index contributed by atoms with van der Waals surface area (Å²) in [6.45, 7) is 1.44. The Bertz CT molecular complexity index is 841. The summed E-state index contributed by atoms with van der Waals surface area (Å²) in [6, 6.07) is 7.08. The molecular formula is C19H21FN2O3. The van der Waals surface area contributed by atoms with Gasteiger partial charge in [0, 0.05) is 5.69 Å². The standard InChI is InChI=1S/C19H21FN2O3/c1-19(25,13-6-8-14(20)9-7-13)11-21-17(23)15-10-12-4-2-3-5-16(12)22-18(15)24/h6-10,25H,2-5,11H2,1H3,(H,21,23)(H,22,24). The number of hydrogen-bond donors (Lipinski definition) is 3. The zero-order chi connectivity index (χ0) is 18.0. The number of aryl methyl sites for hydroxylation is 2. The van der Waals surface area contributed by atoms with Gasteiger partial charge in [0.2, 0.25) is 0 Å². The molecule has 0 bridgehead atoms. The Labute approximate surface area is 144 Å². The molecule has 1 aromatic heterocycles. The number of rotatable bonds is 4. The summed E-state index contributed by atoms with van der Waals surface area (Å²) in [6.07, 6.45) is 3.75. The van der Waals surface area contributed by atoms with Crippen molar-refractivity contribution < 1.29 is 14.3 Å². The van der Waals surface area contributed by atoms with Crippen LogP contribution in [0.1, 0.15) is 46.9 Å². The molecular weight excluding hydrogens is 323 g/mol. The number of carbonyl (C=O) groups is 1. The minimum absolute atomic E-state index is 0.0514. The minimum Gasteiger partial charge on any atom is -0.384 e. The summed E-state index contributed by atoms with van der Waals surface area (Å²) in [4.78, 5) is 27.3. The highest BCUT2D eigenvalue weighted by atomic mass is 19.1. The average Bonchev–Trinajstić information content (AvgIpc) is 2.59. The molecule has 0 radical (unpaired) electrons. The molecule has 132 valence electrons. The van der Waals surface area contributed by atoms with Crippen LogP contribution in [0.3, 0.4) is 0 Å². The van der Waals surface area contributed by atoms with Crippen molar-refractivity contribution in [3.8, 4) is 0 Å². The molecule has 1 atom stereocenters. The number of hydrogen-bond acceptors (Lipinski definition) is 3. The van der Waals surface area contributed by atoms with E-state index in [2.05, 4.69) is 10.3 Å². The molecule has 6 heteroatoms. The number of H-pyrrole nitrogens is 1. The fourth-order valence-corrected chi connectivity index (χ4v) is 3.10. The Morgan fingerprint density at radius 3 is 2.68 bits per heavy atom. The van der Waals surface area contributed by atoms with E-state index < -0.39 is 22.9 Å². The predicted molar refractivity (Wildman–Crippen MR) is 92.0 cm³/mol. The smallest absolute Gasteiger partial charge is 0.261 e. The normalized spacial score (nSPS) is 16.0. The molecule has 1 aliphatic carbocycles. The van der Waals surface area contributed by atoms with Crippen LogP contribution in [0, 0.1) is 5.82 Å². The Hall–Kier alpha value is -2.47. The molecule has 5 nitrogen and oxygen atoms in total. The molecule has 0 saturated heterocycles. The number of fused-ring (bicyclic) bond motifs is 1. The van der Waals surface area contributed by atoms with Crippen LogP contribution in [0.2, 0.25) is 0 Å². The first kappa shape index (κ1) is 17.4. The summed E-state index contributed by atoms with van der Waals surface area (Å²) in [7, 11) is 0. The van der Waals surface area contributed by atoms with Gasteiger partial charge in [-0.1, -0.05) is 12.1 Å². The highest BCUT2D eigenvalue weighted by Gasteiger charge is 2.25. The topological polar surface area (TPSA) is 82.2 Å². The average molecular weight is 344 g/mol. The van der Waals surface area contributed by atoms with Crippen molar-refractivity contribution in [2.24, 2.45) is 0 Å². The fraction of sp³-hybridized carbons (Fsp3) is 0.368. The van der Waals surface area contributed by atoms with Crippen molar-refractivity contribution in [3.05, 3.63) is 68.9 Å². The monoisotopic (exact) mass is 344 g/mol. The summed E-state index contributed by atoms with van der Waals surface area (Å²) < 4.78 is 13.0. The molecule has 3 rings (SSSR count). The van der Waals surface area contributed by atoms with E-state index >= 15 is 0 Å². The number of pyridine rings is 1. The van der Waals surface area contributed by atoms with Gasteiger partial charge in [-0.2, -0.15) is 0 Å². The zero-order valence-corrected chi connectivity index (χ0v) is 14.1. The van der Waals surface area contributed by atoms with Gasteiger partial charge in [-0.3, -0.25) is 9.59 Å². The molecule has 0 aliphatic heterocycles. The first-order valence-electron chi connectivity index (χ1n) is 8.38. The minimum atomic E-state index is -1.37. The number of aromatic amines is 1. The second-order valence-corrected chi connectivity index (χ2v) is 6.69. The van der Waals surface area contributed by atoms with E-state index in [1.807, 2.05) is 0 Å². The summed E-state index contributed by atoms with van der Waals surface area (Å²) in [5, 5.41) is 13.1. The third kappa shape index (κ3) is 3.79. The molecule has 2 aromatic rings. The van der Waals surface area contributed by atoms with E-state index in [-0.39, 0.29) is 12.1 Å². The van der Waals surface area contributed by atoms with Gasteiger partial charge in [-0.15, -0.1) is 0 Å².